The molecule has 0 aliphatic heterocycles. The van der Waals surface area contributed by atoms with Gasteiger partial charge in [0, 0.05) is 5.69 Å². The zero-order valence-corrected chi connectivity index (χ0v) is 17.4. The summed E-state index contributed by atoms with van der Waals surface area (Å²) in [6.45, 7) is 10.5. The number of nitrogens with one attached hydrogen (secondary N) is 2. The number of anilines is 1. The summed E-state index contributed by atoms with van der Waals surface area (Å²) >= 11 is 5.26. The van der Waals surface area contributed by atoms with E-state index in [9.17, 15) is 4.79 Å². The van der Waals surface area contributed by atoms with E-state index < -0.39 is 0 Å². The van der Waals surface area contributed by atoms with Gasteiger partial charge in [-0.3, -0.25) is 10.1 Å². The summed E-state index contributed by atoms with van der Waals surface area (Å²) in [7, 11) is 0. The molecule has 0 fully saturated rings. The van der Waals surface area contributed by atoms with Crippen LogP contribution in [0.4, 0.5) is 5.69 Å². The Hall–Kier alpha value is -2.40. The van der Waals surface area contributed by atoms with E-state index >= 15 is 0 Å². The molecule has 0 bridgehead atoms. The second kappa shape index (κ2) is 9.51. The second-order valence-electron chi connectivity index (χ2n) is 7.21. The van der Waals surface area contributed by atoms with Crippen LogP contribution >= 0.6 is 12.2 Å². The minimum Gasteiger partial charge on any atom is -0.484 e. The smallest absolute Gasteiger partial charge is 0.264 e. The van der Waals surface area contributed by atoms with Crippen molar-refractivity contribution in [2.45, 2.75) is 46.5 Å². The maximum atomic E-state index is 12.1. The molecule has 5 heteroatoms. The Balaban J connectivity index is 1.89. The molecule has 27 heavy (non-hydrogen) atoms. The summed E-state index contributed by atoms with van der Waals surface area (Å²) in [4.78, 5) is 12.1. The quantitative estimate of drug-likeness (QED) is 0.678. The van der Waals surface area contributed by atoms with Crippen LogP contribution in [-0.2, 0) is 4.79 Å². The van der Waals surface area contributed by atoms with Crippen molar-refractivity contribution in [3.05, 3.63) is 59.2 Å². The molecule has 2 aromatic carbocycles. The van der Waals surface area contributed by atoms with Crippen LogP contribution in [0.3, 0.4) is 0 Å². The van der Waals surface area contributed by atoms with Crippen LogP contribution in [0, 0.1) is 6.92 Å². The van der Waals surface area contributed by atoms with Gasteiger partial charge in [-0.15, -0.1) is 0 Å². The molecule has 0 saturated carbocycles. The molecule has 2 N–H and O–H groups in total. The van der Waals surface area contributed by atoms with Gasteiger partial charge in [0.15, 0.2) is 11.7 Å². The van der Waals surface area contributed by atoms with Crippen LogP contribution < -0.4 is 15.4 Å². The predicted octanol–water partition coefficient (Wildman–Crippen LogP) is 5.13. The lowest BCUT2D eigenvalue weighted by atomic mass is 9.98. The van der Waals surface area contributed by atoms with Crippen molar-refractivity contribution in [2.75, 3.05) is 11.9 Å². The largest absolute Gasteiger partial charge is 0.484 e. The molecule has 2 rings (SSSR count). The van der Waals surface area contributed by atoms with Gasteiger partial charge in [-0.25, -0.2) is 0 Å². The first-order chi connectivity index (χ1) is 12.8. The zero-order valence-electron chi connectivity index (χ0n) is 16.6. The molecular weight excluding hydrogens is 356 g/mol. The highest BCUT2D eigenvalue weighted by Crippen LogP contribution is 2.24. The topological polar surface area (TPSA) is 50.4 Å². The van der Waals surface area contributed by atoms with Crippen LogP contribution in [0.15, 0.2) is 42.5 Å². The molecule has 0 atom stereocenters. The molecule has 144 valence electrons. The van der Waals surface area contributed by atoms with E-state index in [1.807, 2.05) is 49.4 Å². The van der Waals surface area contributed by atoms with Gasteiger partial charge in [0.1, 0.15) is 5.75 Å². The average Bonchev–Trinajstić information content (AvgIpc) is 2.59. The Kier molecular flexibility index (Phi) is 7.36. The Morgan fingerprint density at radius 2 is 1.70 bits per heavy atom. The molecule has 4 nitrogen and oxygen atoms in total. The summed E-state index contributed by atoms with van der Waals surface area (Å²) < 4.78 is 5.60. The average molecular weight is 385 g/mol. The van der Waals surface area contributed by atoms with E-state index in [4.69, 9.17) is 17.0 Å². The van der Waals surface area contributed by atoms with E-state index in [1.165, 1.54) is 5.56 Å². The van der Waals surface area contributed by atoms with E-state index in [-0.39, 0.29) is 17.6 Å². The van der Waals surface area contributed by atoms with Crippen LogP contribution in [0.25, 0.3) is 0 Å². The molecule has 1 amide bonds. The number of carbonyl (C=O) groups excluding carboxylic acids is 1. The standard InChI is InChI=1S/C22H28N2O2S/c1-14(2)18-11-10-17(12-16(18)5)26-13-21(25)24-22(27)23-20-9-7-6-8-19(20)15(3)4/h6-12,14-15H,13H2,1-5H3,(H2,23,24,25,27). The predicted molar refractivity (Wildman–Crippen MR) is 116 cm³/mol. The molecule has 0 aliphatic rings. The number of ether oxygens (including phenoxy) is 1. The van der Waals surface area contributed by atoms with Crippen molar-refractivity contribution in [3.8, 4) is 5.75 Å². The first-order valence-corrected chi connectivity index (χ1v) is 9.61. The van der Waals surface area contributed by atoms with Gasteiger partial charge in [-0.05, 0) is 65.9 Å². The van der Waals surface area contributed by atoms with Crippen molar-refractivity contribution in [2.24, 2.45) is 0 Å². The number of carbonyl (C=O) groups is 1. The van der Waals surface area contributed by atoms with E-state index in [0.717, 1.165) is 16.8 Å². The van der Waals surface area contributed by atoms with Crippen LogP contribution in [0.2, 0.25) is 0 Å². The number of para-hydroxylation sites is 1. The van der Waals surface area contributed by atoms with Gasteiger partial charge in [-0.1, -0.05) is 52.0 Å². The van der Waals surface area contributed by atoms with Crippen LogP contribution in [0.5, 0.6) is 5.75 Å². The number of hydrogen-bond acceptors (Lipinski definition) is 3. The van der Waals surface area contributed by atoms with Crippen molar-refractivity contribution in [3.63, 3.8) is 0 Å². The Morgan fingerprint density at radius 1 is 1.04 bits per heavy atom. The van der Waals surface area contributed by atoms with Gasteiger partial charge in [0.25, 0.3) is 5.91 Å². The van der Waals surface area contributed by atoms with Gasteiger partial charge < -0.3 is 10.1 Å². The lowest BCUT2D eigenvalue weighted by molar-refractivity contribution is -0.121. The highest BCUT2D eigenvalue weighted by atomic mass is 32.1. The van der Waals surface area contributed by atoms with Crippen molar-refractivity contribution in [1.82, 2.24) is 5.32 Å². The maximum Gasteiger partial charge on any atom is 0.264 e. The maximum absolute atomic E-state index is 12.1. The summed E-state index contributed by atoms with van der Waals surface area (Å²) in [6, 6.07) is 13.8. The number of benzene rings is 2. The minimum atomic E-state index is -0.292. The second-order valence-corrected chi connectivity index (χ2v) is 7.61. The number of amides is 1. The third-order valence-electron chi connectivity index (χ3n) is 4.32. The minimum absolute atomic E-state index is 0.0892. The Bertz CT molecular complexity index is 816. The summed E-state index contributed by atoms with van der Waals surface area (Å²) in [6.07, 6.45) is 0. The van der Waals surface area contributed by atoms with Crippen molar-refractivity contribution in [1.29, 1.82) is 0 Å². The molecule has 0 heterocycles. The van der Waals surface area contributed by atoms with Crippen LogP contribution in [0.1, 0.15) is 56.2 Å². The van der Waals surface area contributed by atoms with E-state index in [2.05, 4.69) is 38.3 Å². The van der Waals surface area contributed by atoms with E-state index in [0.29, 0.717) is 17.6 Å². The molecule has 2 aromatic rings. The van der Waals surface area contributed by atoms with Crippen molar-refractivity contribution < 1.29 is 9.53 Å². The lowest BCUT2D eigenvalue weighted by Gasteiger charge is -2.16. The molecule has 0 aliphatic carbocycles. The molecule has 0 spiro atoms. The normalized spacial score (nSPS) is 10.8. The first kappa shape index (κ1) is 20.9. The molecule has 0 aromatic heterocycles. The number of hydrogen-bond donors (Lipinski definition) is 2. The fraction of sp³-hybridized carbons (Fsp3) is 0.364. The number of thiocarbonyl (C=S) groups is 1. The monoisotopic (exact) mass is 384 g/mol. The third-order valence-corrected chi connectivity index (χ3v) is 4.52. The summed E-state index contributed by atoms with van der Waals surface area (Å²) in [5.41, 5.74) is 4.48. The van der Waals surface area contributed by atoms with Crippen molar-refractivity contribution >= 4 is 28.9 Å². The summed E-state index contributed by atoms with van der Waals surface area (Å²) in [5, 5.41) is 6.03. The fourth-order valence-corrected chi connectivity index (χ4v) is 3.19. The first-order valence-electron chi connectivity index (χ1n) is 9.21. The number of rotatable bonds is 6. The Morgan fingerprint density at radius 3 is 2.33 bits per heavy atom. The van der Waals surface area contributed by atoms with Gasteiger partial charge in [0.05, 0.1) is 0 Å². The highest BCUT2D eigenvalue weighted by Gasteiger charge is 2.10. The van der Waals surface area contributed by atoms with Gasteiger partial charge >= 0.3 is 0 Å². The van der Waals surface area contributed by atoms with Gasteiger partial charge in [0.2, 0.25) is 0 Å². The molecule has 0 saturated heterocycles. The fourth-order valence-electron chi connectivity index (χ4n) is 2.97. The van der Waals surface area contributed by atoms with E-state index in [1.54, 1.807) is 0 Å². The van der Waals surface area contributed by atoms with Gasteiger partial charge in [-0.2, -0.15) is 0 Å². The summed E-state index contributed by atoms with van der Waals surface area (Å²) in [5.74, 6) is 1.20. The third kappa shape index (κ3) is 6.07. The molecular formula is C22H28N2O2S. The lowest BCUT2D eigenvalue weighted by Crippen LogP contribution is -2.37. The zero-order chi connectivity index (χ0) is 20.0. The SMILES string of the molecule is Cc1cc(OCC(=O)NC(=S)Nc2ccccc2C(C)C)ccc1C(C)C. The van der Waals surface area contributed by atoms with Crippen LogP contribution in [-0.4, -0.2) is 17.6 Å². The highest BCUT2D eigenvalue weighted by molar-refractivity contribution is 7.80. The molecule has 0 radical (unpaired) electrons. The molecule has 0 unspecified atom stereocenters. The number of aryl methyl sites for hydroxylation is 1. The Labute approximate surface area is 167 Å².